The fourth-order valence-corrected chi connectivity index (χ4v) is 6.04. The summed E-state index contributed by atoms with van der Waals surface area (Å²) in [6, 6.07) is 15.0. The zero-order valence-corrected chi connectivity index (χ0v) is 25.8. The second kappa shape index (κ2) is 19.3. The fraction of sp³-hybridized carbons (Fsp3) is 0.622. The van der Waals surface area contributed by atoms with Gasteiger partial charge >= 0.3 is 5.97 Å². The lowest BCUT2D eigenvalue weighted by molar-refractivity contribution is 0.0734. The van der Waals surface area contributed by atoms with Gasteiger partial charge in [-0.05, 0) is 73.1 Å². The van der Waals surface area contributed by atoms with Crippen molar-refractivity contribution >= 4 is 5.97 Å². The molecule has 0 N–H and O–H groups in total. The topological polar surface area (TPSA) is 59.3 Å². The SMILES string of the molecule is CCCCCCCCCCOc1ccc(C(=O)Oc2ccc(CC[C@H]3CC[C@H](CCCCC)CC3)cc2C#N)cc1. The van der Waals surface area contributed by atoms with Crippen LogP contribution in [0.25, 0.3) is 0 Å². The molecule has 0 atom stereocenters. The van der Waals surface area contributed by atoms with Gasteiger partial charge in [-0.15, -0.1) is 0 Å². The molecule has 0 bridgehead atoms. The van der Waals surface area contributed by atoms with Crippen LogP contribution in [0.3, 0.4) is 0 Å². The molecule has 0 heterocycles. The van der Waals surface area contributed by atoms with Crippen molar-refractivity contribution in [2.75, 3.05) is 6.61 Å². The van der Waals surface area contributed by atoms with Gasteiger partial charge in [0.1, 0.15) is 17.6 Å². The van der Waals surface area contributed by atoms with E-state index in [2.05, 4.69) is 19.9 Å². The molecule has 4 heteroatoms. The largest absolute Gasteiger partial charge is 0.494 e. The van der Waals surface area contributed by atoms with Crippen LogP contribution in [0, 0.1) is 23.2 Å². The van der Waals surface area contributed by atoms with Crippen molar-refractivity contribution in [2.24, 2.45) is 11.8 Å². The number of esters is 1. The number of hydrogen-bond donors (Lipinski definition) is 0. The highest BCUT2D eigenvalue weighted by Crippen LogP contribution is 2.34. The van der Waals surface area contributed by atoms with Crippen LogP contribution in [0.2, 0.25) is 0 Å². The van der Waals surface area contributed by atoms with Crippen LogP contribution in [0.15, 0.2) is 42.5 Å². The molecule has 2 aromatic rings. The molecule has 4 nitrogen and oxygen atoms in total. The molecule has 0 unspecified atom stereocenters. The van der Waals surface area contributed by atoms with E-state index >= 15 is 0 Å². The minimum absolute atomic E-state index is 0.323. The third kappa shape index (κ3) is 12.3. The molecular formula is C37H53NO3. The Kier molecular flexibility index (Phi) is 15.4. The zero-order chi connectivity index (χ0) is 29.1. The van der Waals surface area contributed by atoms with Gasteiger partial charge < -0.3 is 9.47 Å². The Balaban J connectivity index is 1.38. The van der Waals surface area contributed by atoms with Gasteiger partial charge in [0.15, 0.2) is 0 Å². The van der Waals surface area contributed by atoms with E-state index in [0.29, 0.717) is 23.5 Å². The maximum atomic E-state index is 12.8. The van der Waals surface area contributed by atoms with Crippen molar-refractivity contribution < 1.29 is 14.3 Å². The number of benzene rings is 2. The average molecular weight is 560 g/mol. The Morgan fingerprint density at radius 2 is 1.39 bits per heavy atom. The van der Waals surface area contributed by atoms with Gasteiger partial charge in [-0.3, -0.25) is 0 Å². The summed E-state index contributed by atoms with van der Waals surface area (Å²) in [5.74, 6) is 2.34. The average Bonchev–Trinajstić information content (AvgIpc) is 3.00. The van der Waals surface area contributed by atoms with Crippen LogP contribution in [0.5, 0.6) is 11.5 Å². The summed E-state index contributed by atoms with van der Waals surface area (Å²) in [6.45, 7) is 5.21. The quantitative estimate of drug-likeness (QED) is 0.0975. The Hall–Kier alpha value is -2.80. The molecule has 0 spiro atoms. The van der Waals surface area contributed by atoms with E-state index in [1.165, 1.54) is 103 Å². The Bertz CT molecular complexity index is 1050. The summed E-state index contributed by atoms with van der Waals surface area (Å²) in [5, 5.41) is 9.72. The first kappa shape index (κ1) is 32.7. The van der Waals surface area contributed by atoms with Crippen LogP contribution >= 0.6 is 0 Å². The van der Waals surface area contributed by atoms with E-state index in [0.717, 1.165) is 36.0 Å². The van der Waals surface area contributed by atoms with Gasteiger partial charge in [-0.1, -0.05) is 116 Å². The number of hydrogen-bond acceptors (Lipinski definition) is 4. The van der Waals surface area contributed by atoms with Crippen molar-refractivity contribution in [3.05, 3.63) is 59.2 Å². The Morgan fingerprint density at radius 1 is 0.780 bits per heavy atom. The van der Waals surface area contributed by atoms with Crippen molar-refractivity contribution in [3.63, 3.8) is 0 Å². The normalized spacial score (nSPS) is 16.7. The van der Waals surface area contributed by atoms with Crippen molar-refractivity contribution in [2.45, 2.75) is 129 Å². The van der Waals surface area contributed by atoms with Crippen LogP contribution < -0.4 is 9.47 Å². The van der Waals surface area contributed by atoms with Crippen molar-refractivity contribution in [3.8, 4) is 17.6 Å². The van der Waals surface area contributed by atoms with Gasteiger partial charge in [0.2, 0.25) is 0 Å². The second-order valence-corrected chi connectivity index (χ2v) is 12.1. The lowest BCUT2D eigenvalue weighted by atomic mass is 9.78. The van der Waals surface area contributed by atoms with E-state index in [9.17, 15) is 10.1 Å². The number of nitrogens with zero attached hydrogens (tertiary/aromatic N) is 1. The molecule has 0 amide bonds. The van der Waals surface area contributed by atoms with Gasteiger partial charge in [-0.25, -0.2) is 4.79 Å². The third-order valence-corrected chi connectivity index (χ3v) is 8.75. The summed E-state index contributed by atoms with van der Waals surface area (Å²) >= 11 is 0. The van der Waals surface area contributed by atoms with Gasteiger partial charge in [0.25, 0.3) is 0 Å². The minimum Gasteiger partial charge on any atom is -0.494 e. The van der Waals surface area contributed by atoms with Crippen molar-refractivity contribution in [1.29, 1.82) is 5.26 Å². The molecule has 0 saturated heterocycles. The molecule has 0 radical (unpaired) electrons. The first-order valence-electron chi connectivity index (χ1n) is 16.6. The molecule has 3 rings (SSSR count). The van der Waals surface area contributed by atoms with Crippen molar-refractivity contribution in [1.82, 2.24) is 0 Å². The molecule has 1 aliphatic rings. The van der Waals surface area contributed by atoms with Crippen LogP contribution in [-0.2, 0) is 6.42 Å². The molecule has 0 aromatic heterocycles. The Morgan fingerprint density at radius 3 is 2.05 bits per heavy atom. The van der Waals surface area contributed by atoms with E-state index in [1.54, 1.807) is 18.2 Å². The summed E-state index contributed by atoms with van der Waals surface area (Å²) in [4.78, 5) is 12.8. The molecular weight excluding hydrogens is 506 g/mol. The number of nitriles is 1. The highest BCUT2D eigenvalue weighted by molar-refractivity contribution is 5.91. The fourth-order valence-electron chi connectivity index (χ4n) is 6.04. The maximum absolute atomic E-state index is 12.8. The molecule has 224 valence electrons. The molecule has 1 fully saturated rings. The predicted octanol–water partition coefficient (Wildman–Crippen LogP) is 10.6. The van der Waals surface area contributed by atoms with Crippen LogP contribution in [0.1, 0.15) is 144 Å². The number of aryl methyl sites for hydroxylation is 1. The minimum atomic E-state index is -0.459. The molecule has 1 saturated carbocycles. The first-order chi connectivity index (χ1) is 20.1. The number of unbranched alkanes of at least 4 members (excludes halogenated alkanes) is 9. The highest BCUT2D eigenvalue weighted by atomic mass is 16.5. The monoisotopic (exact) mass is 559 g/mol. The zero-order valence-electron chi connectivity index (χ0n) is 25.8. The lowest BCUT2D eigenvalue weighted by Crippen LogP contribution is -2.15. The standard InChI is InChI=1S/C37H53NO3/c1-3-5-7-8-9-10-11-13-27-40-35-24-22-33(23-25-35)37(39)41-36-26-21-32(28-34(36)29-38)20-19-31-17-15-30(16-18-31)14-12-6-4-2/h21-26,28,30-31H,3-20,27H2,1-2H3/t30-,31-. The molecule has 2 aromatic carbocycles. The Labute approximate surface area is 249 Å². The summed E-state index contributed by atoms with van der Waals surface area (Å²) in [6.07, 6.45) is 23.2. The van der Waals surface area contributed by atoms with Gasteiger partial charge in [-0.2, -0.15) is 5.26 Å². The number of carbonyl (C=O) groups excluding carboxylic acids is 1. The van der Waals surface area contributed by atoms with Crippen LogP contribution in [0.4, 0.5) is 0 Å². The maximum Gasteiger partial charge on any atom is 0.343 e. The van der Waals surface area contributed by atoms with E-state index in [1.807, 2.05) is 24.3 Å². The molecule has 1 aliphatic carbocycles. The van der Waals surface area contributed by atoms with Gasteiger partial charge in [0.05, 0.1) is 17.7 Å². The summed E-state index contributed by atoms with van der Waals surface area (Å²) in [7, 11) is 0. The highest BCUT2D eigenvalue weighted by Gasteiger charge is 2.21. The van der Waals surface area contributed by atoms with E-state index in [4.69, 9.17) is 9.47 Å². The summed E-state index contributed by atoms with van der Waals surface area (Å²) in [5.41, 5.74) is 2.01. The third-order valence-electron chi connectivity index (χ3n) is 8.75. The second-order valence-electron chi connectivity index (χ2n) is 12.1. The van der Waals surface area contributed by atoms with Crippen LogP contribution in [-0.4, -0.2) is 12.6 Å². The number of rotatable bonds is 19. The first-order valence-corrected chi connectivity index (χ1v) is 16.6. The predicted molar refractivity (Wildman–Crippen MR) is 169 cm³/mol. The van der Waals surface area contributed by atoms with E-state index in [-0.39, 0.29) is 0 Å². The smallest absolute Gasteiger partial charge is 0.343 e. The number of ether oxygens (including phenoxy) is 2. The van der Waals surface area contributed by atoms with E-state index < -0.39 is 5.97 Å². The summed E-state index contributed by atoms with van der Waals surface area (Å²) < 4.78 is 11.5. The molecule has 0 aliphatic heterocycles. The lowest BCUT2D eigenvalue weighted by Gasteiger charge is -2.28. The number of carbonyl (C=O) groups is 1. The van der Waals surface area contributed by atoms with Gasteiger partial charge in [0, 0.05) is 0 Å². The molecule has 41 heavy (non-hydrogen) atoms.